The van der Waals surface area contributed by atoms with Gasteiger partial charge in [-0.1, -0.05) is 26.0 Å². The highest BCUT2D eigenvalue weighted by molar-refractivity contribution is 7.22. The number of hydrogen-bond donors (Lipinski definition) is 2. The summed E-state index contributed by atoms with van der Waals surface area (Å²) in [5.41, 5.74) is 2.97. The number of aromatic hydroxyl groups is 1. The van der Waals surface area contributed by atoms with E-state index < -0.39 is 5.97 Å². The maximum atomic E-state index is 10.8. The van der Waals surface area contributed by atoms with Crippen LogP contribution in [0.4, 0.5) is 0 Å². The van der Waals surface area contributed by atoms with Crippen molar-refractivity contribution in [2.75, 3.05) is 7.11 Å². The quantitative estimate of drug-likeness (QED) is 0.283. The summed E-state index contributed by atoms with van der Waals surface area (Å²) in [6.45, 7) is 4.28. The number of hydrogen-bond acceptors (Lipinski definition) is 5. The third-order valence-corrected chi connectivity index (χ3v) is 6.44. The zero-order chi connectivity index (χ0) is 23.5. The molecular weight excluding hydrogens is 436 g/mol. The van der Waals surface area contributed by atoms with Crippen LogP contribution in [-0.2, 0) is 4.79 Å². The minimum Gasteiger partial charge on any atom is -0.508 e. The number of aliphatic carboxylic acids is 1. The molecule has 0 aliphatic heterocycles. The Morgan fingerprint density at radius 1 is 1.00 bits per heavy atom. The molecule has 0 radical (unpaired) electrons. The molecule has 4 aromatic rings. The minimum atomic E-state index is -0.992. The summed E-state index contributed by atoms with van der Waals surface area (Å²) in [6, 6.07) is 18.5. The molecule has 5 nitrogen and oxygen atoms in total. The van der Waals surface area contributed by atoms with Crippen molar-refractivity contribution in [1.29, 1.82) is 0 Å². The van der Waals surface area contributed by atoms with Gasteiger partial charge in [0.05, 0.1) is 12.0 Å². The van der Waals surface area contributed by atoms with Crippen molar-refractivity contribution < 1.29 is 24.5 Å². The fourth-order valence-corrected chi connectivity index (χ4v) is 4.84. The van der Waals surface area contributed by atoms with E-state index in [1.54, 1.807) is 30.6 Å². The lowest BCUT2D eigenvalue weighted by Crippen LogP contribution is -1.95. The van der Waals surface area contributed by atoms with Gasteiger partial charge in [-0.05, 0) is 77.2 Å². The smallest absolute Gasteiger partial charge is 0.328 e. The van der Waals surface area contributed by atoms with Gasteiger partial charge in [-0.15, -0.1) is 11.3 Å². The molecular formula is C27H24O5S. The molecule has 4 rings (SSSR count). The number of rotatable bonds is 7. The lowest BCUT2D eigenvalue weighted by molar-refractivity contribution is -0.131. The number of carbonyl (C=O) groups is 1. The Balaban J connectivity index is 1.82. The largest absolute Gasteiger partial charge is 0.508 e. The van der Waals surface area contributed by atoms with Crippen LogP contribution in [0.1, 0.15) is 30.9 Å². The first-order valence-electron chi connectivity index (χ1n) is 10.5. The Hall–Kier alpha value is -3.77. The van der Waals surface area contributed by atoms with Crippen LogP contribution in [0.15, 0.2) is 66.7 Å². The average Bonchev–Trinajstić information content (AvgIpc) is 3.15. The number of thiophene rings is 1. The molecule has 0 amide bonds. The van der Waals surface area contributed by atoms with Crippen molar-refractivity contribution in [3.05, 3.63) is 77.9 Å². The van der Waals surface area contributed by atoms with Crippen LogP contribution < -0.4 is 9.47 Å². The maximum Gasteiger partial charge on any atom is 0.328 e. The fourth-order valence-electron chi connectivity index (χ4n) is 3.62. The normalized spacial score (nSPS) is 11.4. The van der Waals surface area contributed by atoms with E-state index >= 15 is 0 Å². The van der Waals surface area contributed by atoms with Gasteiger partial charge in [-0.2, -0.15) is 0 Å². The van der Waals surface area contributed by atoms with Crippen molar-refractivity contribution >= 4 is 33.5 Å². The Kier molecular flexibility index (Phi) is 6.38. The van der Waals surface area contributed by atoms with Gasteiger partial charge in [-0.3, -0.25) is 0 Å². The summed E-state index contributed by atoms with van der Waals surface area (Å²) >= 11 is 1.57. The zero-order valence-corrected chi connectivity index (χ0v) is 19.3. The molecule has 3 aromatic carbocycles. The van der Waals surface area contributed by atoms with Crippen molar-refractivity contribution in [1.82, 2.24) is 0 Å². The SMILES string of the molecule is COc1ccc(-c2sc3cc(O)ccc3c2Oc2ccc(C=CC(=O)O)cc2)c(C(C)C)c1. The van der Waals surface area contributed by atoms with Gasteiger partial charge >= 0.3 is 5.97 Å². The molecule has 33 heavy (non-hydrogen) atoms. The van der Waals surface area contributed by atoms with Crippen molar-refractivity contribution in [3.8, 4) is 33.4 Å². The molecule has 168 valence electrons. The van der Waals surface area contributed by atoms with Crippen LogP contribution in [0.5, 0.6) is 23.0 Å². The number of fused-ring (bicyclic) bond motifs is 1. The van der Waals surface area contributed by atoms with Gasteiger partial charge in [0.15, 0.2) is 5.75 Å². The third kappa shape index (κ3) is 4.86. The molecule has 0 bridgehead atoms. The second-order valence-corrected chi connectivity index (χ2v) is 8.94. The first-order valence-corrected chi connectivity index (χ1v) is 11.3. The second-order valence-electron chi connectivity index (χ2n) is 7.89. The zero-order valence-electron chi connectivity index (χ0n) is 18.5. The van der Waals surface area contributed by atoms with Crippen LogP contribution in [0.2, 0.25) is 0 Å². The highest BCUT2D eigenvalue weighted by Gasteiger charge is 2.20. The summed E-state index contributed by atoms with van der Waals surface area (Å²) in [7, 11) is 1.66. The maximum absolute atomic E-state index is 10.8. The average molecular weight is 461 g/mol. The molecule has 2 N–H and O–H groups in total. The standard InChI is InChI=1S/C27H24O5S/c1-16(2)23-15-20(31-3)10-12-21(23)27-26(22-11-7-18(28)14-24(22)33-27)32-19-8-4-17(5-9-19)6-13-25(29)30/h4-16,28H,1-3H3,(H,29,30). The number of carboxylic acid groups (broad SMARTS) is 1. The molecule has 0 saturated heterocycles. The molecule has 1 heterocycles. The molecule has 6 heteroatoms. The van der Waals surface area contributed by atoms with E-state index in [9.17, 15) is 9.90 Å². The predicted octanol–water partition coefficient (Wildman–Crippen LogP) is 7.30. The van der Waals surface area contributed by atoms with Crippen molar-refractivity contribution in [3.63, 3.8) is 0 Å². The Bertz CT molecular complexity index is 1330. The molecule has 0 fully saturated rings. The van der Waals surface area contributed by atoms with Gasteiger partial charge in [0.25, 0.3) is 0 Å². The molecule has 0 atom stereocenters. The molecule has 0 spiro atoms. The van der Waals surface area contributed by atoms with E-state index in [1.807, 2.05) is 42.5 Å². The summed E-state index contributed by atoms with van der Waals surface area (Å²) in [6.07, 6.45) is 2.64. The first kappa shape index (κ1) is 22.4. The molecule has 1 aromatic heterocycles. The monoisotopic (exact) mass is 460 g/mol. The van der Waals surface area contributed by atoms with E-state index in [0.29, 0.717) is 5.75 Å². The molecule has 0 aliphatic carbocycles. The van der Waals surface area contributed by atoms with E-state index in [0.717, 1.165) is 49.2 Å². The Morgan fingerprint density at radius 3 is 2.39 bits per heavy atom. The molecule has 0 aliphatic rings. The van der Waals surface area contributed by atoms with Gasteiger partial charge in [0.1, 0.15) is 17.2 Å². The minimum absolute atomic E-state index is 0.204. The van der Waals surface area contributed by atoms with Crippen LogP contribution >= 0.6 is 11.3 Å². The predicted molar refractivity (Wildman–Crippen MR) is 133 cm³/mol. The van der Waals surface area contributed by atoms with Crippen LogP contribution in [0, 0.1) is 0 Å². The Labute approximate surface area is 196 Å². The number of methoxy groups -OCH3 is 1. The number of ether oxygens (including phenoxy) is 2. The van der Waals surface area contributed by atoms with Gasteiger partial charge in [0, 0.05) is 16.2 Å². The summed E-state index contributed by atoms with van der Waals surface area (Å²) in [5.74, 6) is 1.63. The van der Waals surface area contributed by atoms with Crippen LogP contribution in [-0.4, -0.2) is 23.3 Å². The summed E-state index contributed by atoms with van der Waals surface area (Å²) < 4.78 is 12.7. The topological polar surface area (TPSA) is 76.0 Å². The summed E-state index contributed by atoms with van der Waals surface area (Å²) in [5, 5.41) is 19.8. The number of carboxylic acids is 1. The highest BCUT2D eigenvalue weighted by Crippen LogP contribution is 2.49. The molecule has 0 unspecified atom stereocenters. The molecule has 0 saturated carbocycles. The lowest BCUT2D eigenvalue weighted by Gasteiger charge is -2.15. The van der Waals surface area contributed by atoms with Gasteiger partial charge in [0.2, 0.25) is 0 Å². The lowest BCUT2D eigenvalue weighted by atomic mass is 9.95. The third-order valence-electron chi connectivity index (χ3n) is 5.27. The Morgan fingerprint density at radius 2 is 1.73 bits per heavy atom. The number of benzene rings is 3. The highest BCUT2D eigenvalue weighted by atomic mass is 32.1. The van der Waals surface area contributed by atoms with Crippen molar-refractivity contribution in [2.45, 2.75) is 19.8 Å². The first-order chi connectivity index (χ1) is 15.9. The second kappa shape index (κ2) is 9.38. The van der Waals surface area contributed by atoms with Crippen molar-refractivity contribution in [2.24, 2.45) is 0 Å². The van der Waals surface area contributed by atoms with E-state index in [1.165, 1.54) is 6.08 Å². The van der Waals surface area contributed by atoms with Crippen LogP contribution in [0.25, 0.3) is 26.6 Å². The van der Waals surface area contributed by atoms with E-state index in [4.69, 9.17) is 14.6 Å². The van der Waals surface area contributed by atoms with E-state index in [-0.39, 0.29) is 11.7 Å². The van der Waals surface area contributed by atoms with E-state index in [2.05, 4.69) is 19.9 Å². The number of phenolic OH excluding ortho intramolecular Hbond substituents is 1. The van der Waals surface area contributed by atoms with Gasteiger partial charge < -0.3 is 19.7 Å². The fraction of sp³-hybridized carbons (Fsp3) is 0.148. The summed E-state index contributed by atoms with van der Waals surface area (Å²) in [4.78, 5) is 11.7. The number of phenols is 1. The van der Waals surface area contributed by atoms with Crippen LogP contribution in [0.3, 0.4) is 0 Å². The van der Waals surface area contributed by atoms with Gasteiger partial charge in [-0.25, -0.2) is 4.79 Å².